The SMILES string of the molecule is CC(C)Nc1ccnc(C(=O)Nc2ccccc2C#N)c1. The van der Waals surface area contributed by atoms with Gasteiger partial charge in [-0.15, -0.1) is 0 Å². The van der Waals surface area contributed by atoms with Crippen molar-refractivity contribution < 1.29 is 4.79 Å². The fourth-order valence-electron chi connectivity index (χ4n) is 1.85. The molecule has 0 fully saturated rings. The van der Waals surface area contributed by atoms with Crippen LogP contribution in [0.25, 0.3) is 0 Å². The van der Waals surface area contributed by atoms with E-state index in [1.54, 1.807) is 42.6 Å². The first-order valence-corrected chi connectivity index (χ1v) is 6.63. The maximum atomic E-state index is 12.2. The number of nitrogens with one attached hydrogen (secondary N) is 2. The van der Waals surface area contributed by atoms with Crippen LogP contribution in [0.2, 0.25) is 0 Å². The Morgan fingerprint density at radius 2 is 2.05 bits per heavy atom. The van der Waals surface area contributed by atoms with Gasteiger partial charge in [-0.25, -0.2) is 0 Å². The molecule has 1 aromatic carbocycles. The lowest BCUT2D eigenvalue weighted by Gasteiger charge is -2.11. The van der Waals surface area contributed by atoms with Crippen LogP contribution in [0.4, 0.5) is 11.4 Å². The molecule has 106 valence electrons. The van der Waals surface area contributed by atoms with E-state index in [0.29, 0.717) is 16.9 Å². The number of carbonyl (C=O) groups excluding carboxylic acids is 1. The smallest absolute Gasteiger partial charge is 0.274 e. The Hall–Kier alpha value is -2.87. The minimum absolute atomic E-state index is 0.266. The summed E-state index contributed by atoms with van der Waals surface area (Å²) in [6.07, 6.45) is 1.58. The van der Waals surface area contributed by atoms with Gasteiger partial charge in [-0.3, -0.25) is 9.78 Å². The second-order valence-corrected chi connectivity index (χ2v) is 4.84. The molecule has 0 aliphatic rings. The van der Waals surface area contributed by atoms with Crippen molar-refractivity contribution in [3.63, 3.8) is 0 Å². The quantitative estimate of drug-likeness (QED) is 0.902. The molecule has 5 heteroatoms. The normalized spacial score (nSPS) is 10.0. The lowest BCUT2D eigenvalue weighted by atomic mass is 10.2. The van der Waals surface area contributed by atoms with Crippen molar-refractivity contribution in [1.29, 1.82) is 5.26 Å². The molecule has 0 unspecified atom stereocenters. The van der Waals surface area contributed by atoms with E-state index in [-0.39, 0.29) is 11.9 Å². The molecule has 0 bridgehead atoms. The molecule has 0 radical (unpaired) electrons. The van der Waals surface area contributed by atoms with Gasteiger partial charge in [-0.05, 0) is 38.1 Å². The molecule has 0 saturated carbocycles. The summed E-state index contributed by atoms with van der Waals surface area (Å²) in [5.41, 5.74) is 2.03. The largest absolute Gasteiger partial charge is 0.383 e. The third-order valence-electron chi connectivity index (χ3n) is 2.74. The second-order valence-electron chi connectivity index (χ2n) is 4.84. The lowest BCUT2D eigenvalue weighted by molar-refractivity contribution is 0.102. The molecule has 1 amide bonds. The van der Waals surface area contributed by atoms with Gasteiger partial charge in [0.05, 0.1) is 11.3 Å². The summed E-state index contributed by atoms with van der Waals surface area (Å²) in [6, 6.07) is 12.7. The average Bonchev–Trinajstić information content (AvgIpc) is 2.47. The summed E-state index contributed by atoms with van der Waals surface area (Å²) in [4.78, 5) is 16.3. The summed E-state index contributed by atoms with van der Waals surface area (Å²) in [5, 5.41) is 14.9. The first kappa shape index (κ1) is 14.5. The standard InChI is InChI=1S/C16H16N4O/c1-11(2)19-13-7-8-18-15(9-13)16(21)20-14-6-4-3-5-12(14)10-17/h3-9,11H,1-2H3,(H,18,19)(H,20,21). The number of rotatable bonds is 4. The molecule has 0 spiro atoms. The zero-order valence-corrected chi connectivity index (χ0v) is 11.9. The van der Waals surface area contributed by atoms with Gasteiger partial charge in [0.25, 0.3) is 5.91 Å². The van der Waals surface area contributed by atoms with Crippen molar-refractivity contribution >= 4 is 17.3 Å². The van der Waals surface area contributed by atoms with E-state index in [2.05, 4.69) is 15.6 Å². The van der Waals surface area contributed by atoms with Crippen LogP contribution in [0.3, 0.4) is 0 Å². The molecule has 2 aromatic rings. The highest BCUT2D eigenvalue weighted by Gasteiger charge is 2.11. The van der Waals surface area contributed by atoms with E-state index >= 15 is 0 Å². The Balaban J connectivity index is 2.19. The highest BCUT2D eigenvalue weighted by Crippen LogP contribution is 2.16. The van der Waals surface area contributed by atoms with Crippen LogP contribution in [0.1, 0.15) is 29.9 Å². The van der Waals surface area contributed by atoms with E-state index in [9.17, 15) is 4.79 Å². The fourth-order valence-corrected chi connectivity index (χ4v) is 1.85. The molecule has 2 N–H and O–H groups in total. The first-order valence-electron chi connectivity index (χ1n) is 6.63. The summed E-state index contributed by atoms with van der Waals surface area (Å²) >= 11 is 0. The number of para-hydroxylation sites is 1. The Morgan fingerprint density at radius 1 is 1.29 bits per heavy atom. The number of carbonyl (C=O) groups is 1. The number of hydrogen-bond acceptors (Lipinski definition) is 4. The van der Waals surface area contributed by atoms with Gasteiger partial charge < -0.3 is 10.6 Å². The molecule has 1 aromatic heterocycles. The van der Waals surface area contributed by atoms with Gasteiger partial charge in [0.1, 0.15) is 11.8 Å². The Labute approximate surface area is 123 Å². The predicted molar refractivity (Wildman–Crippen MR) is 82.1 cm³/mol. The molecule has 2 rings (SSSR count). The first-order chi connectivity index (χ1) is 10.1. The Bertz CT molecular complexity index is 689. The molecule has 0 atom stereocenters. The van der Waals surface area contributed by atoms with Crippen LogP contribution < -0.4 is 10.6 Å². The fraction of sp³-hybridized carbons (Fsp3) is 0.188. The van der Waals surface area contributed by atoms with Crippen LogP contribution in [-0.2, 0) is 0 Å². The summed E-state index contributed by atoms with van der Waals surface area (Å²) in [6.45, 7) is 4.03. The second kappa shape index (κ2) is 6.53. The summed E-state index contributed by atoms with van der Waals surface area (Å²) in [7, 11) is 0. The topological polar surface area (TPSA) is 77.8 Å². The molecule has 1 heterocycles. The third-order valence-corrected chi connectivity index (χ3v) is 2.74. The Kier molecular flexibility index (Phi) is 4.52. The van der Waals surface area contributed by atoms with Crippen molar-refractivity contribution in [2.24, 2.45) is 0 Å². The van der Waals surface area contributed by atoms with E-state index in [4.69, 9.17) is 5.26 Å². The van der Waals surface area contributed by atoms with Crippen LogP contribution in [0.5, 0.6) is 0 Å². The van der Waals surface area contributed by atoms with E-state index in [1.165, 1.54) is 0 Å². The van der Waals surface area contributed by atoms with Gasteiger partial charge in [0.15, 0.2) is 0 Å². The van der Waals surface area contributed by atoms with Crippen molar-refractivity contribution in [1.82, 2.24) is 4.98 Å². The number of anilines is 2. The zero-order valence-electron chi connectivity index (χ0n) is 11.9. The average molecular weight is 280 g/mol. The monoisotopic (exact) mass is 280 g/mol. The third kappa shape index (κ3) is 3.80. The van der Waals surface area contributed by atoms with Crippen molar-refractivity contribution in [2.75, 3.05) is 10.6 Å². The molecule has 21 heavy (non-hydrogen) atoms. The van der Waals surface area contributed by atoms with Gasteiger partial charge in [-0.2, -0.15) is 5.26 Å². The number of hydrogen-bond donors (Lipinski definition) is 2. The summed E-state index contributed by atoms with van der Waals surface area (Å²) in [5.74, 6) is -0.342. The maximum Gasteiger partial charge on any atom is 0.274 e. The van der Waals surface area contributed by atoms with Crippen LogP contribution in [-0.4, -0.2) is 16.9 Å². The van der Waals surface area contributed by atoms with Crippen molar-refractivity contribution in [3.8, 4) is 6.07 Å². The summed E-state index contributed by atoms with van der Waals surface area (Å²) < 4.78 is 0. The maximum absolute atomic E-state index is 12.2. The molecular weight excluding hydrogens is 264 g/mol. The van der Waals surface area contributed by atoms with E-state index in [0.717, 1.165) is 5.69 Å². The van der Waals surface area contributed by atoms with Gasteiger partial charge in [0, 0.05) is 17.9 Å². The molecule has 0 saturated heterocycles. The van der Waals surface area contributed by atoms with Crippen molar-refractivity contribution in [3.05, 3.63) is 53.9 Å². The van der Waals surface area contributed by atoms with Crippen LogP contribution >= 0.6 is 0 Å². The highest BCUT2D eigenvalue weighted by atomic mass is 16.1. The van der Waals surface area contributed by atoms with Gasteiger partial charge >= 0.3 is 0 Å². The zero-order chi connectivity index (χ0) is 15.2. The molecule has 0 aliphatic heterocycles. The van der Waals surface area contributed by atoms with Crippen LogP contribution in [0, 0.1) is 11.3 Å². The minimum atomic E-state index is -0.342. The number of pyridine rings is 1. The number of nitriles is 1. The molecular formula is C16H16N4O. The lowest BCUT2D eigenvalue weighted by Crippen LogP contribution is -2.16. The van der Waals surface area contributed by atoms with Gasteiger partial charge in [-0.1, -0.05) is 12.1 Å². The van der Waals surface area contributed by atoms with Crippen LogP contribution in [0.15, 0.2) is 42.6 Å². The number of nitrogens with zero attached hydrogens (tertiary/aromatic N) is 2. The Morgan fingerprint density at radius 3 is 2.76 bits per heavy atom. The van der Waals surface area contributed by atoms with Crippen molar-refractivity contribution in [2.45, 2.75) is 19.9 Å². The molecule has 0 aliphatic carbocycles. The molecule has 5 nitrogen and oxygen atoms in total. The number of aromatic nitrogens is 1. The number of amides is 1. The number of benzene rings is 1. The van der Waals surface area contributed by atoms with E-state index < -0.39 is 0 Å². The van der Waals surface area contributed by atoms with E-state index in [1.807, 2.05) is 19.9 Å². The highest BCUT2D eigenvalue weighted by molar-refractivity contribution is 6.04. The van der Waals surface area contributed by atoms with Gasteiger partial charge in [0.2, 0.25) is 0 Å². The predicted octanol–water partition coefficient (Wildman–Crippen LogP) is 3.03. The minimum Gasteiger partial charge on any atom is -0.383 e.